The maximum absolute atomic E-state index is 12.2. The highest BCUT2D eigenvalue weighted by Crippen LogP contribution is 2.24. The average Bonchev–Trinajstić information content (AvgIpc) is 3.11. The Kier molecular flexibility index (Phi) is 6.06. The van der Waals surface area contributed by atoms with Gasteiger partial charge in [0, 0.05) is 12.1 Å². The number of halogens is 1. The molecular weight excluding hydrogens is 342 g/mol. The van der Waals surface area contributed by atoms with E-state index in [0.717, 1.165) is 22.4 Å². The standard InChI is InChI=1S/C17H19N5O2.ClH/c1-3-12-13(4-2)20-21-16(23)14(12)17-19-15(22-24-17)11-7-5-10(9-18)6-8-11;/h5-8H,3-4,9,18H2,1-2H3,(H,21,23);1H. The number of aryl methyl sites for hydroxylation is 1. The van der Waals surface area contributed by atoms with Gasteiger partial charge in [0.05, 0.1) is 5.69 Å². The Hall–Kier alpha value is -2.51. The lowest BCUT2D eigenvalue weighted by Crippen LogP contribution is -2.17. The Morgan fingerprint density at radius 2 is 1.88 bits per heavy atom. The molecule has 0 saturated carbocycles. The number of H-pyrrole nitrogens is 1. The molecule has 0 spiro atoms. The van der Waals surface area contributed by atoms with Gasteiger partial charge in [-0.1, -0.05) is 43.3 Å². The number of nitrogens with two attached hydrogens (primary N) is 1. The van der Waals surface area contributed by atoms with Crippen LogP contribution < -0.4 is 11.3 Å². The van der Waals surface area contributed by atoms with E-state index in [9.17, 15) is 4.79 Å². The number of aromatic nitrogens is 4. The number of benzene rings is 1. The molecule has 0 unspecified atom stereocenters. The number of aromatic amines is 1. The van der Waals surface area contributed by atoms with Crippen LogP contribution in [-0.4, -0.2) is 20.3 Å². The van der Waals surface area contributed by atoms with Crippen molar-refractivity contribution in [2.24, 2.45) is 5.73 Å². The van der Waals surface area contributed by atoms with Crippen molar-refractivity contribution in [3.05, 3.63) is 51.4 Å². The third-order valence-electron chi connectivity index (χ3n) is 3.95. The summed E-state index contributed by atoms with van der Waals surface area (Å²) in [6.45, 7) is 4.44. The second-order valence-corrected chi connectivity index (χ2v) is 5.38. The summed E-state index contributed by atoms with van der Waals surface area (Å²) < 4.78 is 5.35. The molecule has 0 atom stereocenters. The first-order valence-electron chi connectivity index (χ1n) is 7.91. The van der Waals surface area contributed by atoms with Crippen molar-refractivity contribution >= 4 is 12.4 Å². The predicted molar refractivity (Wildman–Crippen MR) is 97.5 cm³/mol. The van der Waals surface area contributed by atoms with Crippen LogP contribution >= 0.6 is 12.4 Å². The van der Waals surface area contributed by atoms with Gasteiger partial charge in [0.1, 0.15) is 5.56 Å². The smallest absolute Gasteiger partial charge is 0.277 e. The fourth-order valence-electron chi connectivity index (χ4n) is 2.65. The van der Waals surface area contributed by atoms with Crippen LogP contribution in [-0.2, 0) is 19.4 Å². The molecule has 0 bridgehead atoms. The topological polar surface area (TPSA) is 111 Å². The molecule has 8 heteroatoms. The summed E-state index contributed by atoms with van der Waals surface area (Å²) >= 11 is 0. The van der Waals surface area contributed by atoms with Crippen molar-refractivity contribution in [3.8, 4) is 22.8 Å². The average molecular weight is 362 g/mol. The SMILES string of the molecule is CCc1n[nH]c(=O)c(-c2nc(-c3ccc(CN)cc3)no2)c1CC.Cl. The third kappa shape index (κ3) is 3.62. The lowest BCUT2D eigenvalue weighted by molar-refractivity contribution is 0.431. The molecule has 0 amide bonds. The Balaban J connectivity index is 0.00000225. The number of hydrogen-bond donors (Lipinski definition) is 2. The molecule has 7 nitrogen and oxygen atoms in total. The van der Waals surface area contributed by atoms with Crippen molar-refractivity contribution in [1.29, 1.82) is 0 Å². The Morgan fingerprint density at radius 1 is 1.16 bits per heavy atom. The normalized spacial score (nSPS) is 10.5. The second kappa shape index (κ2) is 8.04. The van der Waals surface area contributed by atoms with Gasteiger partial charge in [-0.15, -0.1) is 12.4 Å². The molecule has 3 rings (SSSR count). The van der Waals surface area contributed by atoms with Crippen molar-refractivity contribution in [2.75, 3.05) is 0 Å². The zero-order chi connectivity index (χ0) is 17.1. The van der Waals surface area contributed by atoms with Crippen molar-refractivity contribution < 1.29 is 4.52 Å². The van der Waals surface area contributed by atoms with Gasteiger partial charge in [-0.05, 0) is 24.0 Å². The van der Waals surface area contributed by atoms with Gasteiger partial charge in [-0.3, -0.25) is 4.79 Å². The quantitative estimate of drug-likeness (QED) is 0.722. The van der Waals surface area contributed by atoms with E-state index in [0.29, 0.717) is 30.8 Å². The monoisotopic (exact) mass is 361 g/mol. The van der Waals surface area contributed by atoms with Crippen LogP contribution in [0.3, 0.4) is 0 Å². The lowest BCUT2D eigenvalue weighted by Gasteiger charge is -2.06. The largest absolute Gasteiger partial charge is 0.333 e. The van der Waals surface area contributed by atoms with Gasteiger partial charge >= 0.3 is 0 Å². The maximum atomic E-state index is 12.2. The van der Waals surface area contributed by atoms with E-state index in [4.69, 9.17) is 10.3 Å². The van der Waals surface area contributed by atoms with E-state index in [2.05, 4.69) is 20.3 Å². The zero-order valence-electron chi connectivity index (χ0n) is 14.1. The van der Waals surface area contributed by atoms with Crippen LogP contribution in [0.4, 0.5) is 0 Å². The van der Waals surface area contributed by atoms with E-state index in [1.54, 1.807) is 0 Å². The van der Waals surface area contributed by atoms with Crippen molar-refractivity contribution in [1.82, 2.24) is 20.3 Å². The molecule has 0 aliphatic carbocycles. The van der Waals surface area contributed by atoms with Crippen LogP contribution in [0.25, 0.3) is 22.8 Å². The highest BCUT2D eigenvalue weighted by molar-refractivity contribution is 5.85. The highest BCUT2D eigenvalue weighted by atomic mass is 35.5. The van der Waals surface area contributed by atoms with Gasteiger partial charge in [0.2, 0.25) is 5.82 Å². The molecule has 0 saturated heterocycles. The molecular formula is C17H20ClN5O2. The van der Waals surface area contributed by atoms with Gasteiger partial charge in [0.25, 0.3) is 11.4 Å². The summed E-state index contributed by atoms with van der Waals surface area (Å²) in [7, 11) is 0. The van der Waals surface area contributed by atoms with Gasteiger partial charge < -0.3 is 10.3 Å². The van der Waals surface area contributed by atoms with E-state index < -0.39 is 0 Å². The number of rotatable bonds is 5. The fourth-order valence-corrected chi connectivity index (χ4v) is 2.65. The van der Waals surface area contributed by atoms with Gasteiger partial charge in [-0.2, -0.15) is 10.1 Å². The maximum Gasteiger partial charge on any atom is 0.277 e. The summed E-state index contributed by atoms with van der Waals surface area (Å²) in [6.07, 6.45) is 1.38. The van der Waals surface area contributed by atoms with E-state index in [-0.39, 0.29) is 23.9 Å². The molecule has 0 aliphatic heterocycles. The van der Waals surface area contributed by atoms with E-state index in [1.165, 1.54) is 0 Å². The van der Waals surface area contributed by atoms with E-state index in [1.807, 2.05) is 38.1 Å². The lowest BCUT2D eigenvalue weighted by atomic mass is 10.0. The highest BCUT2D eigenvalue weighted by Gasteiger charge is 2.20. The minimum atomic E-state index is -0.322. The molecule has 3 N–H and O–H groups in total. The molecule has 1 aromatic carbocycles. The number of hydrogen-bond acceptors (Lipinski definition) is 6. The van der Waals surface area contributed by atoms with Crippen molar-refractivity contribution in [2.45, 2.75) is 33.2 Å². The van der Waals surface area contributed by atoms with Crippen LogP contribution in [0.15, 0.2) is 33.6 Å². The zero-order valence-corrected chi connectivity index (χ0v) is 14.9. The summed E-state index contributed by atoms with van der Waals surface area (Å²) in [5.74, 6) is 0.646. The molecule has 3 aromatic rings. The molecule has 25 heavy (non-hydrogen) atoms. The Morgan fingerprint density at radius 3 is 2.48 bits per heavy atom. The first-order valence-corrected chi connectivity index (χ1v) is 7.91. The summed E-state index contributed by atoms with van der Waals surface area (Å²) in [5.41, 5.74) is 9.19. The fraction of sp³-hybridized carbons (Fsp3) is 0.294. The number of nitrogens with zero attached hydrogens (tertiary/aromatic N) is 3. The van der Waals surface area contributed by atoms with Gasteiger partial charge in [0.15, 0.2) is 0 Å². The van der Waals surface area contributed by atoms with Crippen molar-refractivity contribution in [3.63, 3.8) is 0 Å². The molecule has 0 radical (unpaired) electrons. The molecule has 0 aliphatic rings. The summed E-state index contributed by atoms with van der Waals surface area (Å²) in [4.78, 5) is 16.6. The second-order valence-electron chi connectivity index (χ2n) is 5.38. The molecule has 2 heterocycles. The first kappa shape index (κ1) is 18.8. The molecule has 132 valence electrons. The summed E-state index contributed by atoms with van der Waals surface area (Å²) in [6, 6.07) is 7.59. The minimum absolute atomic E-state index is 0. The Bertz CT molecular complexity index is 902. The first-order chi connectivity index (χ1) is 11.7. The van der Waals surface area contributed by atoms with Gasteiger partial charge in [-0.25, -0.2) is 5.10 Å². The Labute approximate surface area is 151 Å². The third-order valence-corrected chi connectivity index (χ3v) is 3.95. The molecule has 2 aromatic heterocycles. The van der Waals surface area contributed by atoms with E-state index >= 15 is 0 Å². The predicted octanol–water partition coefficient (Wildman–Crippen LogP) is 2.49. The van der Waals surface area contributed by atoms with Crippen LogP contribution in [0.5, 0.6) is 0 Å². The summed E-state index contributed by atoms with van der Waals surface area (Å²) in [5, 5.41) is 10.6. The van der Waals surface area contributed by atoms with Crippen LogP contribution in [0, 0.1) is 0 Å². The van der Waals surface area contributed by atoms with Crippen LogP contribution in [0.1, 0.15) is 30.7 Å². The minimum Gasteiger partial charge on any atom is -0.333 e. The van der Waals surface area contributed by atoms with Crippen LogP contribution in [0.2, 0.25) is 0 Å². The number of nitrogens with one attached hydrogen (secondary N) is 1. The molecule has 0 fully saturated rings.